The lowest BCUT2D eigenvalue weighted by atomic mass is 11.0. The van der Waals surface area contributed by atoms with Gasteiger partial charge in [0.1, 0.15) is 0 Å². The van der Waals surface area contributed by atoms with E-state index < -0.39 is 0 Å². The highest BCUT2D eigenvalue weighted by molar-refractivity contribution is 8.32. The molecule has 0 nitrogen and oxygen atoms in total. The van der Waals surface area contributed by atoms with E-state index in [1.807, 2.05) is 35.3 Å². The van der Waals surface area contributed by atoms with Crippen LogP contribution in [-0.4, -0.2) is 14.8 Å². The van der Waals surface area contributed by atoms with E-state index in [9.17, 15) is 0 Å². The lowest BCUT2D eigenvalue weighted by molar-refractivity contribution is 1.42. The van der Waals surface area contributed by atoms with Gasteiger partial charge < -0.3 is 0 Å². The van der Waals surface area contributed by atoms with Crippen molar-refractivity contribution >= 4 is 35.3 Å². The second-order valence-electron chi connectivity index (χ2n) is 1.34. The molecule has 0 aromatic heterocycles. The fourth-order valence-electron chi connectivity index (χ4n) is 0.370. The second-order valence-corrected chi connectivity index (χ2v) is 6.01. The molecule has 1 rings (SSSR count). The minimum atomic E-state index is 0.848. The second kappa shape index (κ2) is 3.15. The van der Waals surface area contributed by atoms with E-state index in [0.29, 0.717) is 0 Å². The molecule has 0 N–H and O–H groups in total. The van der Waals surface area contributed by atoms with Crippen LogP contribution in [0.3, 0.4) is 0 Å². The van der Waals surface area contributed by atoms with E-state index >= 15 is 0 Å². The summed E-state index contributed by atoms with van der Waals surface area (Å²) < 4.78 is 0.848. The summed E-state index contributed by atoms with van der Waals surface area (Å²) in [4.78, 5) is 0. The summed E-state index contributed by atoms with van der Waals surface area (Å²) in [7, 11) is 0. The molecule has 0 saturated carbocycles. The summed E-state index contributed by atoms with van der Waals surface area (Å²) >= 11 is 6.11. The molecule has 0 atom stereocenters. The van der Waals surface area contributed by atoms with Gasteiger partial charge in [-0.1, -0.05) is 0 Å². The van der Waals surface area contributed by atoms with Gasteiger partial charge in [-0.25, -0.2) is 0 Å². The van der Waals surface area contributed by atoms with Crippen LogP contribution in [0.4, 0.5) is 0 Å². The predicted octanol–water partition coefficient (Wildman–Crippen LogP) is 2.46. The Bertz CT molecular complexity index is 48.9. The van der Waals surface area contributed by atoms with E-state index in [4.69, 9.17) is 0 Å². The molecule has 0 unspecified atom stereocenters. The molecule has 7 heavy (non-hydrogen) atoms. The predicted molar refractivity (Wildman–Crippen MR) is 42.0 cm³/mol. The normalized spacial score (nSPS) is 25.3. The van der Waals surface area contributed by atoms with Crippen molar-refractivity contribution in [3.63, 3.8) is 0 Å². The van der Waals surface area contributed by atoms with Crippen molar-refractivity contribution in [1.82, 2.24) is 0 Å². The lowest BCUT2D eigenvalue weighted by Gasteiger charge is -2.14. The number of hydrogen-bond donors (Lipinski definition) is 0. The summed E-state index contributed by atoms with van der Waals surface area (Å²) in [5.74, 6) is 0. The largest absolute Gasteiger partial charge is 0.140 e. The average molecular weight is 152 g/mol. The zero-order valence-electron chi connectivity index (χ0n) is 4.22. The van der Waals surface area contributed by atoms with E-state index in [-0.39, 0.29) is 0 Å². The minimum Gasteiger partial charge on any atom is -0.140 e. The standard InChI is InChI=1S/C4H8S3/c1-4-6-2-5-3-7-4/h4H,2-3H2,1H3. The van der Waals surface area contributed by atoms with Gasteiger partial charge in [0.05, 0.1) is 0 Å². The van der Waals surface area contributed by atoms with E-state index in [1.165, 1.54) is 10.2 Å². The SMILES string of the molecule is CC1SCSCS1. The first-order chi connectivity index (χ1) is 3.39. The van der Waals surface area contributed by atoms with Crippen molar-refractivity contribution in [2.75, 3.05) is 10.2 Å². The molecule has 1 aliphatic heterocycles. The van der Waals surface area contributed by atoms with Gasteiger partial charge in [-0.3, -0.25) is 0 Å². The van der Waals surface area contributed by atoms with Gasteiger partial charge in [0.2, 0.25) is 0 Å². The van der Waals surface area contributed by atoms with Gasteiger partial charge in [0.15, 0.2) is 0 Å². The van der Waals surface area contributed by atoms with Crippen molar-refractivity contribution in [2.45, 2.75) is 11.5 Å². The fourth-order valence-corrected chi connectivity index (χ4v) is 4.94. The molecule has 1 heterocycles. The third-order valence-electron chi connectivity index (χ3n) is 0.772. The Morgan fingerprint density at radius 1 is 1.29 bits per heavy atom. The van der Waals surface area contributed by atoms with Gasteiger partial charge >= 0.3 is 0 Å². The van der Waals surface area contributed by atoms with Gasteiger partial charge in [0, 0.05) is 14.8 Å². The summed E-state index contributed by atoms with van der Waals surface area (Å²) in [5, 5.41) is 2.60. The Hall–Kier alpha value is 1.05. The zero-order valence-corrected chi connectivity index (χ0v) is 6.67. The van der Waals surface area contributed by atoms with Crippen molar-refractivity contribution in [3.05, 3.63) is 0 Å². The average Bonchev–Trinajstić information content (AvgIpc) is 1.69. The first-order valence-corrected chi connectivity index (χ1v) is 5.46. The Morgan fingerprint density at radius 3 is 2.14 bits per heavy atom. The maximum Gasteiger partial charge on any atom is 0.0490 e. The minimum absolute atomic E-state index is 0.848. The Kier molecular flexibility index (Phi) is 2.78. The lowest BCUT2D eigenvalue weighted by Crippen LogP contribution is -1.95. The van der Waals surface area contributed by atoms with Crippen LogP contribution in [0.5, 0.6) is 0 Å². The quantitative estimate of drug-likeness (QED) is 0.523. The third kappa shape index (κ3) is 2.20. The Balaban J connectivity index is 2.12. The van der Waals surface area contributed by atoms with Crippen LogP contribution in [0.1, 0.15) is 6.92 Å². The van der Waals surface area contributed by atoms with Crippen LogP contribution < -0.4 is 0 Å². The molecule has 1 aliphatic rings. The first-order valence-electron chi connectivity index (χ1n) is 2.20. The van der Waals surface area contributed by atoms with Crippen molar-refractivity contribution in [3.8, 4) is 0 Å². The summed E-state index contributed by atoms with van der Waals surface area (Å²) in [6.45, 7) is 2.27. The number of hydrogen-bond acceptors (Lipinski definition) is 3. The highest BCUT2D eigenvalue weighted by Crippen LogP contribution is 2.34. The molecule has 0 amide bonds. The molecule has 0 aliphatic carbocycles. The maximum absolute atomic E-state index is 2.27. The van der Waals surface area contributed by atoms with Crippen LogP contribution in [0.25, 0.3) is 0 Å². The van der Waals surface area contributed by atoms with E-state index in [1.54, 1.807) is 0 Å². The smallest absolute Gasteiger partial charge is 0.0490 e. The third-order valence-corrected chi connectivity index (χ3v) is 4.95. The van der Waals surface area contributed by atoms with Gasteiger partial charge in [-0.2, -0.15) is 0 Å². The fraction of sp³-hybridized carbons (Fsp3) is 1.00. The Morgan fingerprint density at radius 2 is 1.86 bits per heavy atom. The summed E-state index contributed by atoms with van der Waals surface area (Å²) in [6, 6.07) is 0. The molecule has 3 heteroatoms. The van der Waals surface area contributed by atoms with Crippen LogP contribution >= 0.6 is 35.3 Å². The molecule has 0 bridgehead atoms. The molecular weight excluding hydrogens is 144 g/mol. The van der Waals surface area contributed by atoms with Crippen LogP contribution in [0.2, 0.25) is 0 Å². The highest BCUT2D eigenvalue weighted by atomic mass is 32.3. The summed E-state index contributed by atoms with van der Waals surface area (Å²) in [5.41, 5.74) is 0. The first kappa shape index (κ1) is 6.17. The monoisotopic (exact) mass is 152 g/mol. The molecule has 0 aromatic carbocycles. The van der Waals surface area contributed by atoms with E-state index in [2.05, 4.69) is 6.92 Å². The van der Waals surface area contributed by atoms with Gasteiger partial charge in [0.25, 0.3) is 0 Å². The highest BCUT2D eigenvalue weighted by Gasteiger charge is 2.07. The molecule has 0 aromatic rings. The molecule has 42 valence electrons. The molecule has 0 radical (unpaired) electrons. The molecule has 0 spiro atoms. The van der Waals surface area contributed by atoms with Crippen LogP contribution in [-0.2, 0) is 0 Å². The van der Waals surface area contributed by atoms with Crippen LogP contribution in [0, 0.1) is 0 Å². The van der Waals surface area contributed by atoms with Gasteiger partial charge in [-0.05, 0) is 6.92 Å². The zero-order chi connectivity index (χ0) is 5.11. The van der Waals surface area contributed by atoms with Gasteiger partial charge in [-0.15, -0.1) is 35.3 Å². The topological polar surface area (TPSA) is 0 Å². The van der Waals surface area contributed by atoms with Crippen molar-refractivity contribution in [1.29, 1.82) is 0 Å². The number of thioether (sulfide) groups is 3. The molecule has 1 fully saturated rings. The van der Waals surface area contributed by atoms with Crippen LogP contribution in [0.15, 0.2) is 0 Å². The maximum atomic E-state index is 2.27. The number of rotatable bonds is 0. The van der Waals surface area contributed by atoms with Crippen molar-refractivity contribution < 1.29 is 0 Å². The molecular formula is C4H8S3. The van der Waals surface area contributed by atoms with Crippen molar-refractivity contribution in [2.24, 2.45) is 0 Å². The molecule has 1 saturated heterocycles. The van der Waals surface area contributed by atoms with E-state index in [0.717, 1.165) is 4.58 Å². The Labute approximate surface area is 57.2 Å². The summed E-state index contributed by atoms with van der Waals surface area (Å²) in [6.07, 6.45) is 0.